The number of aliphatic hydroxyl groups is 1. The van der Waals surface area contributed by atoms with Gasteiger partial charge in [0.1, 0.15) is 17.6 Å². The first-order valence-electron chi connectivity index (χ1n) is 16.2. The van der Waals surface area contributed by atoms with Crippen LogP contribution >= 0.6 is 0 Å². The number of hydrogen-bond acceptors (Lipinski definition) is 7. The Morgan fingerprint density at radius 3 is 2.34 bits per heavy atom. The lowest BCUT2D eigenvalue weighted by molar-refractivity contribution is -0.161. The van der Waals surface area contributed by atoms with Gasteiger partial charge < -0.3 is 29.3 Å². The first-order chi connectivity index (χ1) is 21.0. The average Bonchev–Trinajstić information content (AvgIpc) is 3.57. The van der Waals surface area contributed by atoms with E-state index in [1.807, 2.05) is 51.1 Å². The van der Waals surface area contributed by atoms with E-state index in [1.54, 1.807) is 11.0 Å². The second kappa shape index (κ2) is 13.9. The highest BCUT2D eigenvalue weighted by molar-refractivity contribution is 6.05. The molecule has 9 nitrogen and oxygen atoms in total. The molecule has 1 aromatic carbocycles. The van der Waals surface area contributed by atoms with Crippen molar-refractivity contribution in [2.24, 2.45) is 17.8 Å². The molecule has 9 heteroatoms. The normalized spacial score (nSPS) is 27.8. The van der Waals surface area contributed by atoms with Gasteiger partial charge in [-0.2, -0.15) is 0 Å². The molecule has 0 radical (unpaired) electrons. The van der Waals surface area contributed by atoms with Crippen molar-refractivity contribution < 1.29 is 29.0 Å². The van der Waals surface area contributed by atoms with Crippen molar-refractivity contribution in [3.05, 3.63) is 49.6 Å². The molecule has 3 heterocycles. The summed E-state index contributed by atoms with van der Waals surface area (Å²) in [6.07, 6.45) is 6.86. The van der Waals surface area contributed by atoms with Crippen LogP contribution in [-0.4, -0.2) is 83.9 Å². The maximum Gasteiger partial charge on any atom is 0.312 e. The molecule has 0 aliphatic carbocycles. The van der Waals surface area contributed by atoms with Gasteiger partial charge in [0, 0.05) is 31.0 Å². The summed E-state index contributed by atoms with van der Waals surface area (Å²) in [5, 5.41) is 10.5. The maximum atomic E-state index is 14.8. The van der Waals surface area contributed by atoms with E-state index in [2.05, 4.69) is 31.9 Å². The predicted octanol–water partition coefficient (Wildman–Crippen LogP) is 4.73. The minimum absolute atomic E-state index is 0.140. The van der Waals surface area contributed by atoms with Crippen LogP contribution in [0.4, 0.5) is 11.4 Å². The van der Waals surface area contributed by atoms with E-state index in [0.717, 1.165) is 31.6 Å². The van der Waals surface area contributed by atoms with Crippen LogP contribution < -0.4 is 9.80 Å². The van der Waals surface area contributed by atoms with Gasteiger partial charge in [0.05, 0.1) is 30.8 Å². The minimum atomic E-state index is -1.21. The molecule has 0 aromatic heterocycles. The largest absolute Gasteiger partial charge is 0.465 e. The number of aliphatic hydroxyl groups excluding tert-OH is 1. The van der Waals surface area contributed by atoms with Gasteiger partial charge in [-0.25, -0.2) is 0 Å². The van der Waals surface area contributed by atoms with Gasteiger partial charge in [-0.1, -0.05) is 26.0 Å². The van der Waals surface area contributed by atoms with Gasteiger partial charge >= 0.3 is 5.97 Å². The van der Waals surface area contributed by atoms with Gasteiger partial charge in [0.25, 0.3) is 5.91 Å². The van der Waals surface area contributed by atoms with Crippen molar-refractivity contribution in [1.29, 1.82) is 0 Å². The Kier molecular flexibility index (Phi) is 10.6. The molecule has 4 rings (SSSR count). The van der Waals surface area contributed by atoms with E-state index in [0.29, 0.717) is 24.9 Å². The van der Waals surface area contributed by atoms with Crippen LogP contribution in [0.25, 0.3) is 0 Å². The second-order valence-corrected chi connectivity index (χ2v) is 12.8. The molecule has 0 saturated carbocycles. The zero-order chi connectivity index (χ0) is 32.2. The summed E-state index contributed by atoms with van der Waals surface area (Å²) in [4.78, 5) is 48.4. The lowest BCUT2D eigenvalue weighted by Gasteiger charge is -2.40. The Hall–Kier alpha value is -3.17. The van der Waals surface area contributed by atoms with E-state index in [9.17, 15) is 19.5 Å². The summed E-state index contributed by atoms with van der Waals surface area (Å²) >= 11 is 0. The zero-order valence-electron chi connectivity index (χ0n) is 27.2. The van der Waals surface area contributed by atoms with Gasteiger partial charge in [0.15, 0.2) is 0 Å². The van der Waals surface area contributed by atoms with Gasteiger partial charge in [-0.05, 0) is 83.1 Å². The third kappa shape index (κ3) is 5.81. The lowest BCUT2D eigenvalue weighted by atomic mass is 9.66. The van der Waals surface area contributed by atoms with Crippen LogP contribution in [0.1, 0.15) is 66.7 Å². The van der Waals surface area contributed by atoms with Crippen LogP contribution in [0, 0.1) is 17.8 Å². The number of ether oxygens (including phenoxy) is 2. The van der Waals surface area contributed by atoms with E-state index in [1.165, 1.54) is 4.90 Å². The predicted molar refractivity (Wildman–Crippen MR) is 172 cm³/mol. The number of amides is 2. The number of carbonyl (C=O) groups excluding carboxylic acids is 3. The molecule has 3 saturated heterocycles. The Morgan fingerprint density at radius 1 is 1.11 bits per heavy atom. The molecule has 242 valence electrons. The highest BCUT2D eigenvalue weighted by atomic mass is 16.6. The SMILES string of the molecule is C=CCCCCOC(=O)[C@H]1[C@H]2C(=O)N([C@@H](CO)C(C)C)C(C(=O)N(CC=C)c3ccc(N(CC)CC)cc3)C23CC[C@]1(C)O3. The maximum absolute atomic E-state index is 14.8. The fraction of sp³-hybridized carbons (Fsp3) is 0.629. The number of esters is 1. The summed E-state index contributed by atoms with van der Waals surface area (Å²) in [6.45, 7) is 19.4. The summed E-state index contributed by atoms with van der Waals surface area (Å²) in [7, 11) is 0. The smallest absolute Gasteiger partial charge is 0.312 e. The summed E-state index contributed by atoms with van der Waals surface area (Å²) in [5.74, 6) is -2.95. The average molecular weight is 610 g/mol. The van der Waals surface area contributed by atoms with Crippen LogP contribution in [0.5, 0.6) is 0 Å². The van der Waals surface area contributed by atoms with E-state index in [4.69, 9.17) is 9.47 Å². The van der Waals surface area contributed by atoms with Crippen LogP contribution in [0.3, 0.4) is 0 Å². The summed E-state index contributed by atoms with van der Waals surface area (Å²) in [6, 6.07) is 6.17. The molecule has 2 bridgehead atoms. The highest BCUT2D eigenvalue weighted by Gasteiger charge is 2.79. The van der Waals surface area contributed by atoms with Crippen LogP contribution in [0.2, 0.25) is 0 Å². The number of rotatable bonds is 16. The Morgan fingerprint density at radius 2 is 1.77 bits per heavy atom. The number of benzene rings is 1. The molecule has 44 heavy (non-hydrogen) atoms. The lowest BCUT2D eigenvalue weighted by Crippen LogP contribution is -2.60. The van der Waals surface area contributed by atoms with Gasteiger partial charge in [0.2, 0.25) is 5.91 Å². The third-order valence-corrected chi connectivity index (χ3v) is 9.93. The molecule has 6 atom stereocenters. The molecule has 1 N–H and O–H groups in total. The number of carbonyl (C=O) groups is 3. The standard InChI is InChI=1S/C35H51N3O6/c1-8-12-13-14-22-43-33(42)29-28-31(40)38(27(23-39)24(5)6)30(35(28)20-19-34(29,7)44-35)32(41)37(21-9-2)26-17-15-25(16-18-26)36(10-3)11-4/h8-9,15-18,24,27-30,39H,1-2,10-14,19-23H2,3-7H3/t27-,28-,29+,30?,34-,35?/m0/s1. The molecule has 1 aromatic rings. The first kappa shape index (κ1) is 33.7. The summed E-state index contributed by atoms with van der Waals surface area (Å²) in [5.41, 5.74) is -0.405. The number of nitrogens with zero attached hydrogens (tertiary/aromatic N) is 3. The number of allylic oxidation sites excluding steroid dienone is 1. The molecule has 2 unspecified atom stereocenters. The number of anilines is 2. The number of fused-ring (bicyclic) bond motifs is 1. The van der Waals surface area contributed by atoms with Gasteiger partial charge in [-0.3, -0.25) is 14.4 Å². The summed E-state index contributed by atoms with van der Waals surface area (Å²) < 4.78 is 12.5. The quantitative estimate of drug-likeness (QED) is 0.164. The number of likely N-dealkylation sites (tertiary alicyclic amines) is 1. The van der Waals surface area contributed by atoms with Crippen LogP contribution in [0.15, 0.2) is 49.6 Å². The van der Waals surface area contributed by atoms with Crippen molar-refractivity contribution in [3.63, 3.8) is 0 Å². The zero-order valence-corrected chi connectivity index (χ0v) is 27.2. The van der Waals surface area contributed by atoms with Crippen molar-refractivity contribution in [3.8, 4) is 0 Å². The Balaban J connectivity index is 1.74. The van der Waals surface area contributed by atoms with Crippen molar-refractivity contribution in [2.45, 2.75) is 90.0 Å². The van der Waals surface area contributed by atoms with Crippen molar-refractivity contribution >= 4 is 29.2 Å². The van der Waals surface area contributed by atoms with Gasteiger partial charge in [-0.15, -0.1) is 13.2 Å². The monoisotopic (exact) mass is 609 g/mol. The van der Waals surface area contributed by atoms with E-state index >= 15 is 0 Å². The number of hydrogen-bond donors (Lipinski definition) is 1. The number of unbranched alkanes of at least 4 members (excludes halogenated alkanes) is 2. The van der Waals surface area contributed by atoms with E-state index < -0.39 is 41.1 Å². The highest BCUT2D eigenvalue weighted by Crippen LogP contribution is 2.64. The minimum Gasteiger partial charge on any atom is -0.465 e. The van der Waals surface area contributed by atoms with E-state index in [-0.39, 0.29) is 37.5 Å². The first-order valence-corrected chi connectivity index (χ1v) is 16.2. The molecular weight excluding hydrogens is 558 g/mol. The molecule has 1 spiro atoms. The Bertz CT molecular complexity index is 1210. The molecule has 3 fully saturated rings. The Labute approximate surface area is 262 Å². The second-order valence-electron chi connectivity index (χ2n) is 12.8. The topological polar surface area (TPSA) is 99.6 Å². The van der Waals surface area contributed by atoms with Crippen molar-refractivity contribution in [1.82, 2.24) is 4.90 Å². The molecule has 3 aliphatic rings. The van der Waals surface area contributed by atoms with Crippen molar-refractivity contribution in [2.75, 3.05) is 42.6 Å². The molecule has 2 amide bonds. The fourth-order valence-corrected chi connectivity index (χ4v) is 7.66. The fourth-order valence-electron chi connectivity index (χ4n) is 7.66. The molecule has 3 aliphatic heterocycles. The van der Waals surface area contributed by atoms with Crippen LogP contribution in [-0.2, 0) is 23.9 Å². The third-order valence-electron chi connectivity index (χ3n) is 9.93. The molecular formula is C35H51N3O6.